The SMILES string of the molecule is CC(C)(C)c1cc(C2=C3C=CC(=N3)C(C=O)=C3C=CC(=N3)C(c3cc(C(C)(C)C)cc(C(C)(C)C)c3)=C3C=CC(=N3)C(c3ccccc3)=C3C=CC2=N3)cc(C(C)(C)C)c1.[Cu]. The first-order valence-electron chi connectivity index (χ1n) is 21.1. The number of hydrogen-bond acceptors (Lipinski definition) is 5. The number of allylic oxidation sites excluding steroid dienone is 12. The van der Waals surface area contributed by atoms with Crippen LogP contribution in [0.3, 0.4) is 0 Å². The Morgan fingerprint density at radius 1 is 0.377 bits per heavy atom. The van der Waals surface area contributed by atoms with E-state index in [1.807, 2.05) is 30.4 Å². The van der Waals surface area contributed by atoms with Gasteiger partial charge in [0, 0.05) is 33.8 Å². The molecule has 0 fully saturated rings. The van der Waals surface area contributed by atoms with E-state index in [0.29, 0.717) is 17.0 Å². The molecule has 0 saturated heterocycles. The largest absolute Gasteiger partial charge is 0.298 e. The number of aliphatic imine (C=N–C) groups is 4. The summed E-state index contributed by atoms with van der Waals surface area (Å²) in [5.41, 5.74) is 16.7. The third kappa shape index (κ3) is 8.54. The third-order valence-corrected chi connectivity index (χ3v) is 11.7. The van der Waals surface area contributed by atoms with Gasteiger partial charge in [0.25, 0.3) is 0 Å². The van der Waals surface area contributed by atoms with Gasteiger partial charge in [-0.05, 0) is 109 Å². The molecule has 1 radical (unpaired) electrons. The molecule has 0 atom stereocenters. The van der Waals surface area contributed by atoms with E-state index in [0.717, 1.165) is 73.9 Å². The Morgan fingerprint density at radius 2 is 0.689 bits per heavy atom. The normalized spacial score (nSPS) is 17.6. The van der Waals surface area contributed by atoms with Crippen LogP contribution in [-0.2, 0) is 43.5 Å². The fourth-order valence-corrected chi connectivity index (χ4v) is 8.00. The van der Waals surface area contributed by atoms with Gasteiger partial charge in [0.15, 0.2) is 6.29 Å². The van der Waals surface area contributed by atoms with Crippen LogP contribution in [0.4, 0.5) is 0 Å². The number of benzene rings is 3. The molecule has 0 amide bonds. The van der Waals surface area contributed by atoms with Crippen molar-refractivity contribution in [1.82, 2.24) is 0 Å². The van der Waals surface area contributed by atoms with Gasteiger partial charge < -0.3 is 0 Å². The second-order valence-corrected chi connectivity index (χ2v) is 20.5. The average molecular weight is 853 g/mol. The summed E-state index contributed by atoms with van der Waals surface area (Å²) in [5.74, 6) is 0. The van der Waals surface area contributed by atoms with Gasteiger partial charge in [-0.25, -0.2) is 20.0 Å². The number of carbonyl (C=O) groups excluding carboxylic acids is 1. The van der Waals surface area contributed by atoms with E-state index in [4.69, 9.17) is 20.0 Å². The van der Waals surface area contributed by atoms with Gasteiger partial charge >= 0.3 is 0 Å². The van der Waals surface area contributed by atoms with E-state index in [1.165, 1.54) is 22.3 Å². The molecule has 8 bridgehead atoms. The summed E-state index contributed by atoms with van der Waals surface area (Å²) in [5, 5.41) is 0. The van der Waals surface area contributed by atoms with Crippen molar-refractivity contribution in [1.29, 1.82) is 0 Å². The summed E-state index contributed by atoms with van der Waals surface area (Å²) in [6, 6.07) is 24.2. The molecule has 8 rings (SSSR count). The molecule has 313 valence electrons. The maximum atomic E-state index is 13.1. The zero-order valence-electron chi connectivity index (χ0n) is 37.5. The molecule has 6 heteroatoms. The average Bonchev–Trinajstić information content (AvgIpc) is 4.02. The zero-order valence-corrected chi connectivity index (χ0v) is 38.5. The Balaban J connectivity index is 0.00000561. The third-order valence-electron chi connectivity index (χ3n) is 11.7. The number of hydrogen-bond donors (Lipinski definition) is 0. The molecule has 3 aromatic rings. The summed E-state index contributed by atoms with van der Waals surface area (Å²) < 4.78 is 0. The predicted octanol–water partition coefficient (Wildman–Crippen LogP) is 12.9. The Kier molecular flexibility index (Phi) is 11.2. The molecule has 5 nitrogen and oxygen atoms in total. The number of aldehydes is 1. The van der Waals surface area contributed by atoms with Gasteiger partial charge in [0.2, 0.25) is 0 Å². The van der Waals surface area contributed by atoms with Gasteiger partial charge in [-0.15, -0.1) is 0 Å². The summed E-state index contributed by atoms with van der Waals surface area (Å²) in [4.78, 5) is 34.5. The number of nitrogens with zero attached hydrogens (tertiary/aromatic N) is 4. The van der Waals surface area contributed by atoms with Crippen molar-refractivity contribution in [2.75, 3.05) is 0 Å². The van der Waals surface area contributed by atoms with Crippen LogP contribution in [0.2, 0.25) is 0 Å². The van der Waals surface area contributed by atoms with Crippen molar-refractivity contribution in [3.05, 3.63) is 183 Å². The second-order valence-electron chi connectivity index (χ2n) is 20.5. The first kappa shape index (κ1) is 43.5. The topological polar surface area (TPSA) is 66.5 Å². The van der Waals surface area contributed by atoms with Gasteiger partial charge in [0.05, 0.1) is 51.2 Å². The molecule has 5 aliphatic heterocycles. The van der Waals surface area contributed by atoms with E-state index in [1.54, 1.807) is 0 Å². The molecule has 0 N–H and O–H groups in total. The summed E-state index contributed by atoms with van der Waals surface area (Å²) in [6.07, 6.45) is 17.2. The molecule has 61 heavy (non-hydrogen) atoms. The standard InChI is InChI=1S/C55H56N4O.Cu/c1-52(2,3)36-26-34(27-37(30-36)53(4,5)6)50-45-20-18-41(56-45)40(32-60)42-19-21-46(57-42)51(35-28-38(54(7,8)9)31-39(29-35)55(10,11)12)48-25-23-44(59-48)49(33-16-14-13-15-17-33)43-22-24-47(50)58-43;/h13-32H,1-12H3;. The fourth-order valence-electron chi connectivity index (χ4n) is 8.00. The minimum Gasteiger partial charge on any atom is -0.298 e. The van der Waals surface area contributed by atoms with E-state index in [-0.39, 0.29) is 38.7 Å². The van der Waals surface area contributed by atoms with Gasteiger partial charge in [0.1, 0.15) is 0 Å². The number of carbonyl (C=O) groups is 1. The quantitative estimate of drug-likeness (QED) is 0.190. The first-order chi connectivity index (χ1) is 28.2. The van der Waals surface area contributed by atoms with Crippen molar-refractivity contribution < 1.29 is 21.9 Å². The Labute approximate surface area is 373 Å². The van der Waals surface area contributed by atoms with Crippen LogP contribution in [0, 0.1) is 0 Å². The van der Waals surface area contributed by atoms with Crippen LogP contribution < -0.4 is 0 Å². The van der Waals surface area contributed by atoms with Crippen LogP contribution in [0.15, 0.2) is 164 Å². The van der Waals surface area contributed by atoms with E-state index < -0.39 is 0 Å². The maximum Gasteiger partial charge on any atom is 0.154 e. The minimum atomic E-state index is -0.0998. The summed E-state index contributed by atoms with van der Waals surface area (Å²) >= 11 is 0. The van der Waals surface area contributed by atoms with E-state index in [2.05, 4.69) is 168 Å². The number of rotatable bonds is 4. The van der Waals surface area contributed by atoms with Crippen LogP contribution in [-0.4, -0.2) is 29.1 Å². The minimum absolute atomic E-state index is 0. The van der Waals surface area contributed by atoms with E-state index in [9.17, 15) is 4.79 Å². The van der Waals surface area contributed by atoms with Crippen molar-refractivity contribution in [2.24, 2.45) is 20.0 Å². The van der Waals surface area contributed by atoms with Gasteiger partial charge in [-0.2, -0.15) is 0 Å². The van der Waals surface area contributed by atoms with E-state index >= 15 is 0 Å². The molecule has 0 saturated carbocycles. The smallest absolute Gasteiger partial charge is 0.154 e. The van der Waals surface area contributed by atoms with Crippen molar-refractivity contribution >= 4 is 45.9 Å². The molecule has 0 unspecified atom stereocenters. The van der Waals surface area contributed by atoms with Crippen LogP contribution in [0.5, 0.6) is 0 Å². The van der Waals surface area contributed by atoms with Crippen molar-refractivity contribution in [3.8, 4) is 0 Å². The van der Waals surface area contributed by atoms with Crippen molar-refractivity contribution in [3.63, 3.8) is 0 Å². The maximum absolute atomic E-state index is 13.1. The van der Waals surface area contributed by atoms with Crippen LogP contribution in [0.25, 0.3) is 16.7 Å². The molecule has 5 aliphatic rings. The summed E-state index contributed by atoms with van der Waals surface area (Å²) in [7, 11) is 0. The first-order valence-corrected chi connectivity index (χ1v) is 21.1. The molecule has 3 aromatic carbocycles. The Hall–Kier alpha value is -5.55. The molecular weight excluding hydrogens is 796 g/mol. The van der Waals surface area contributed by atoms with Crippen LogP contribution in [0.1, 0.15) is 122 Å². The van der Waals surface area contributed by atoms with Gasteiger partial charge in [-0.3, -0.25) is 4.79 Å². The number of fused-ring (bicyclic) bond motifs is 4. The zero-order chi connectivity index (χ0) is 42.9. The van der Waals surface area contributed by atoms with Gasteiger partial charge in [-0.1, -0.05) is 150 Å². The molecule has 0 spiro atoms. The fraction of sp³-hybridized carbons (Fsp3) is 0.291. The van der Waals surface area contributed by atoms with Crippen molar-refractivity contribution in [2.45, 2.75) is 105 Å². The summed E-state index contributed by atoms with van der Waals surface area (Å²) in [6.45, 7) is 27.0. The molecule has 0 aromatic heterocycles. The molecular formula is C55H56CuN4O. The predicted molar refractivity (Wildman–Crippen MR) is 254 cm³/mol. The molecule has 5 heterocycles. The second kappa shape index (κ2) is 15.7. The van der Waals surface area contributed by atoms with Crippen LogP contribution >= 0.6 is 0 Å². The Morgan fingerprint density at radius 3 is 1.05 bits per heavy atom. The Bertz CT molecular complexity index is 2620. The molecule has 0 aliphatic carbocycles. The monoisotopic (exact) mass is 851 g/mol.